The van der Waals surface area contributed by atoms with Gasteiger partial charge in [0.2, 0.25) is 0 Å². The standard InChI is InChI=1S/C24H27Cl2N3OS/c1-16-14-27(3)15-17(2)29(16)22-7-5-4-6-18(22)12-23-24(30)28(10-11-31-23)19-8-9-20(25)21(26)13-19/h4-9,12-13,16-17H,10-11,14-15H2,1-3H3/b23-12+. The Labute approximate surface area is 198 Å². The molecule has 2 aliphatic heterocycles. The summed E-state index contributed by atoms with van der Waals surface area (Å²) in [5.74, 6) is 0.838. The molecule has 31 heavy (non-hydrogen) atoms. The maximum Gasteiger partial charge on any atom is 0.264 e. The summed E-state index contributed by atoms with van der Waals surface area (Å²) in [6.45, 7) is 7.22. The van der Waals surface area contributed by atoms with Crippen molar-refractivity contribution in [2.24, 2.45) is 0 Å². The number of para-hydroxylation sites is 1. The van der Waals surface area contributed by atoms with Gasteiger partial charge in [0.05, 0.1) is 15.0 Å². The summed E-state index contributed by atoms with van der Waals surface area (Å²) < 4.78 is 0. The number of halogens is 2. The number of benzene rings is 2. The van der Waals surface area contributed by atoms with Gasteiger partial charge in [0, 0.05) is 48.8 Å². The Morgan fingerprint density at radius 3 is 2.45 bits per heavy atom. The van der Waals surface area contributed by atoms with Gasteiger partial charge in [-0.05, 0) is 56.8 Å². The number of amides is 1. The lowest BCUT2D eigenvalue weighted by molar-refractivity contribution is -0.114. The highest BCUT2D eigenvalue weighted by Crippen LogP contribution is 2.35. The molecule has 0 bridgehead atoms. The van der Waals surface area contributed by atoms with Gasteiger partial charge in [0.1, 0.15) is 0 Å². The highest BCUT2D eigenvalue weighted by Gasteiger charge is 2.30. The topological polar surface area (TPSA) is 26.8 Å². The number of hydrogen-bond donors (Lipinski definition) is 0. The summed E-state index contributed by atoms with van der Waals surface area (Å²) in [7, 11) is 2.17. The van der Waals surface area contributed by atoms with Crippen molar-refractivity contribution in [2.75, 3.05) is 42.2 Å². The van der Waals surface area contributed by atoms with Gasteiger partial charge in [0.15, 0.2) is 0 Å². The Morgan fingerprint density at radius 1 is 1.03 bits per heavy atom. The molecule has 2 aliphatic rings. The minimum atomic E-state index is 0.00363. The molecule has 0 radical (unpaired) electrons. The van der Waals surface area contributed by atoms with Crippen LogP contribution in [0.15, 0.2) is 47.4 Å². The molecule has 2 fully saturated rings. The van der Waals surface area contributed by atoms with Crippen molar-refractivity contribution in [1.82, 2.24) is 4.90 Å². The quantitative estimate of drug-likeness (QED) is 0.536. The first-order valence-corrected chi connectivity index (χ1v) is 12.3. The fourth-order valence-electron chi connectivity index (χ4n) is 4.59. The van der Waals surface area contributed by atoms with E-state index in [2.05, 4.69) is 48.9 Å². The van der Waals surface area contributed by atoms with Crippen molar-refractivity contribution in [3.63, 3.8) is 0 Å². The van der Waals surface area contributed by atoms with E-state index in [1.165, 1.54) is 5.69 Å². The summed E-state index contributed by atoms with van der Waals surface area (Å²) >= 11 is 13.9. The second kappa shape index (κ2) is 9.45. The number of hydrogen-bond acceptors (Lipinski definition) is 4. The maximum atomic E-state index is 13.3. The average Bonchev–Trinajstić information content (AvgIpc) is 2.72. The molecule has 2 saturated heterocycles. The lowest BCUT2D eigenvalue weighted by Gasteiger charge is -2.45. The Balaban J connectivity index is 1.66. The van der Waals surface area contributed by atoms with E-state index in [1.807, 2.05) is 18.2 Å². The van der Waals surface area contributed by atoms with Crippen molar-refractivity contribution in [3.8, 4) is 0 Å². The van der Waals surface area contributed by atoms with E-state index < -0.39 is 0 Å². The van der Waals surface area contributed by atoms with Gasteiger partial charge in [-0.2, -0.15) is 0 Å². The SMILES string of the molecule is CC1CN(C)CC(C)N1c1ccccc1/C=C1/SCCN(c2ccc(Cl)c(Cl)c2)C1=O. The van der Waals surface area contributed by atoms with Crippen LogP contribution >= 0.6 is 35.0 Å². The van der Waals surface area contributed by atoms with Crippen LogP contribution < -0.4 is 9.80 Å². The summed E-state index contributed by atoms with van der Waals surface area (Å²) in [5, 5.41) is 0.948. The number of carbonyl (C=O) groups is 1. The third-order valence-corrected chi connectivity index (χ3v) is 7.58. The smallest absolute Gasteiger partial charge is 0.264 e. The zero-order valence-electron chi connectivity index (χ0n) is 18.0. The summed E-state index contributed by atoms with van der Waals surface area (Å²) in [5.41, 5.74) is 3.04. The monoisotopic (exact) mass is 475 g/mol. The van der Waals surface area contributed by atoms with Crippen LogP contribution in [-0.2, 0) is 4.79 Å². The molecule has 2 unspecified atom stereocenters. The van der Waals surface area contributed by atoms with E-state index >= 15 is 0 Å². The highest BCUT2D eigenvalue weighted by atomic mass is 35.5. The number of thioether (sulfide) groups is 1. The fraction of sp³-hybridized carbons (Fsp3) is 0.375. The van der Waals surface area contributed by atoms with Gasteiger partial charge in [-0.15, -0.1) is 11.8 Å². The highest BCUT2D eigenvalue weighted by molar-refractivity contribution is 8.04. The molecule has 164 valence electrons. The Bertz CT molecular complexity index is 1000. The summed E-state index contributed by atoms with van der Waals surface area (Å²) in [6.07, 6.45) is 2.05. The average molecular weight is 476 g/mol. The first kappa shape index (κ1) is 22.5. The third kappa shape index (κ3) is 4.75. The molecule has 0 spiro atoms. The second-order valence-corrected chi connectivity index (χ2v) is 10.2. The molecule has 0 saturated carbocycles. The van der Waals surface area contributed by atoms with Crippen LogP contribution in [0.5, 0.6) is 0 Å². The van der Waals surface area contributed by atoms with Crippen LogP contribution in [0.1, 0.15) is 19.4 Å². The van der Waals surface area contributed by atoms with Crippen LogP contribution in [0, 0.1) is 0 Å². The molecular formula is C24H27Cl2N3OS. The van der Waals surface area contributed by atoms with Gasteiger partial charge < -0.3 is 14.7 Å². The number of carbonyl (C=O) groups excluding carboxylic acids is 1. The van der Waals surface area contributed by atoms with Crippen molar-refractivity contribution < 1.29 is 4.79 Å². The minimum Gasteiger partial charge on any atom is -0.363 e. The lowest BCUT2D eigenvalue weighted by Crippen LogP contribution is -2.55. The Morgan fingerprint density at radius 2 is 1.74 bits per heavy atom. The van der Waals surface area contributed by atoms with Crippen molar-refractivity contribution >= 4 is 58.3 Å². The molecule has 4 nitrogen and oxygen atoms in total. The molecule has 7 heteroatoms. The number of anilines is 2. The van der Waals surface area contributed by atoms with Crippen LogP contribution in [0.4, 0.5) is 11.4 Å². The molecule has 2 heterocycles. The molecule has 0 aliphatic carbocycles. The van der Waals surface area contributed by atoms with Gasteiger partial charge in [-0.3, -0.25) is 4.79 Å². The molecule has 2 aromatic rings. The molecule has 4 rings (SSSR count). The van der Waals surface area contributed by atoms with Gasteiger partial charge in [-0.25, -0.2) is 0 Å². The van der Waals surface area contributed by atoms with Crippen molar-refractivity contribution in [2.45, 2.75) is 25.9 Å². The zero-order valence-corrected chi connectivity index (χ0v) is 20.3. The molecule has 2 aromatic carbocycles. The van der Waals surface area contributed by atoms with Gasteiger partial charge >= 0.3 is 0 Å². The normalized spacial score (nSPS) is 24.2. The Kier molecular flexibility index (Phi) is 6.87. The fourth-order valence-corrected chi connectivity index (χ4v) is 5.82. The van der Waals surface area contributed by atoms with Crippen LogP contribution in [0.25, 0.3) is 6.08 Å². The first-order chi connectivity index (χ1) is 14.8. The van der Waals surface area contributed by atoms with Crippen molar-refractivity contribution in [1.29, 1.82) is 0 Å². The van der Waals surface area contributed by atoms with Gasteiger partial charge in [0.25, 0.3) is 5.91 Å². The molecule has 0 aromatic heterocycles. The number of piperazine rings is 1. The number of likely N-dealkylation sites (N-methyl/N-ethyl adjacent to an activating group) is 1. The van der Waals surface area contributed by atoms with E-state index in [-0.39, 0.29) is 5.91 Å². The zero-order chi connectivity index (χ0) is 22.1. The number of nitrogens with zero attached hydrogens (tertiary/aromatic N) is 3. The van der Waals surface area contributed by atoms with Crippen LogP contribution in [0.3, 0.4) is 0 Å². The van der Waals surface area contributed by atoms with Crippen molar-refractivity contribution in [3.05, 3.63) is 63.0 Å². The van der Waals surface area contributed by atoms with E-state index in [1.54, 1.807) is 28.8 Å². The largest absolute Gasteiger partial charge is 0.363 e. The van der Waals surface area contributed by atoms with Gasteiger partial charge in [-0.1, -0.05) is 41.4 Å². The second-order valence-electron chi connectivity index (χ2n) is 8.30. The van der Waals surface area contributed by atoms with E-state index in [0.29, 0.717) is 28.7 Å². The van der Waals surface area contributed by atoms with Crippen LogP contribution in [0.2, 0.25) is 10.0 Å². The Hall–Kier alpha value is -1.66. The molecule has 1 amide bonds. The molecule has 0 N–H and O–H groups in total. The van der Waals surface area contributed by atoms with Crippen LogP contribution in [-0.4, -0.2) is 55.3 Å². The predicted molar refractivity (Wildman–Crippen MR) is 135 cm³/mol. The predicted octanol–water partition coefficient (Wildman–Crippen LogP) is 5.64. The molecule has 2 atom stereocenters. The van der Waals surface area contributed by atoms with E-state index in [0.717, 1.165) is 35.0 Å². The lowest BCUT2D eigenvalue weighted by atomic mass is 10.0. The summed E-state index contributed by atoms with van der Waals surface area (Å²) in [6, 6.07) is 14.5. The van der Waals surface area contributed by atoms with E-state index in [9.17, 15) is 4.79 Å². The minimum absolute atomic E-state index is 0.00363. The third-order valence-electron chi connectivity index (χ3n) is 5.85. The maximum absolute atomic E-state index is 13.3. The van der Waals surface area contributed by atoms with E-state index in [4.69, 9.17) is 23.2 Å². The first-order valence-electron chi connectivity index (χ1n) is 10.5. The summed E-state index contributed by atoms with van der Waals surface area (Å²) in [4.78, 5) is 20.7. The number of rotatable bonds is 3. The molecular weight excluding hydrogens is 449 g/mol.